The molecule has 0 amide bonds. The van der Waals surface area contributed by atoms with Crippen LogP contribution in [0.2, 0.25) is 0 Å². The van der Waals surface area contributed by atoms with E-state index in [1.165, 1.54) is 5.56 Å². The molecule has 0 aliphatic heterocycles. The van der Waals surface area contributed by atoms with Gasteiger partial charge in [-0.1, -0.05) is 62.3 Å². The molecule has 2 aromatic rings. The lowest BCUT2D eigenvalue weighted by molar-refractivity contribution is -0.136. The third-order valence-corrected chi connectivity index (χ3v) is 4.30. The van der Waals surface area contributed by atoms with Crippen LogP contribution in [0.1, 0.15) is 50.8 Å². The molecule has 150 valence electrons. The minimum absolute atomic E-state index is 0.0183. The molecule has 5 nitrogen and oxygen atoms in total. The monoisotopic (exact) mass is 383 g/mol. The van der Waals surface area contributed by atoms with E-state index < -0.39 is 5.97 Å². The van der Waals surface area contributed by atoms with Gasteiger partial charge in [-0.2, -0.15) is 0 Å². The molecular formula is C23H29NO4. The van der Waals surface area contributed by atoms with Crippen molar-refractivity contribution in [2.24, 2.45) is 5.16 Å². The van der Waals surface area contributed by atoms with Crippen LogP contribution in [0.15, 0.2) is 53.7 Å². The SMILES string of the molecule is C/C(=N/OCCCOc1ccc(CC(=O)O)cc1)c1ccc(C(C)(C)C)cc1. The van der Waals surface area contributed by atoms with E-state index in [0.29, 0.717) is 25.4 Å². The third-order valence-electron chi connectivity index (χ3n) is 4.30. The number of nitrogens with zero attached hydrogens (tertiary/aromatic N) is 1. The van der Waals surface area contributed by atoms with Crippen molar-refractivity contribution in [1.29, 1.82) is 0 Å². The Balaban J connectivity index is 1.71. The lowest BCUT2D eigenvalue weighted by Crippen LogP contribution is -2.11. The number of ether oxygens (including phenoxy) is 1. The zero-order valence-electron chi connectivity index (χ0n) is 17.1. The van der Waals surface area contributed by atoms with Crippen molar-refractivity contribution in [2.75, 3.05) is 13.2 Å². The average Bonchev–Trinajstić information content (AvgIpc) is 2.64. The highest BCUT2D eigenvalue weighted by Crippen LogP contribution is 2.22. The lowest BCUT2D eigenvalue weighted by atomic mass is 9.86. The first-order valence-corrected chi connectivity index (χ1v) is 9.47. The smallest absolute Gasteiger partial charge is 0.307 e. The van der Waals surface area contributed by atoms with Gasteiger partial charge in [-0.15, -0.1) is 0 Å². The summed E-state index contributed by atoms with van der Waals surface area (Å²) in [5.41, 5.74) is 4.07. The van der Waals surface area contributed by atoms with Gasteiger partial charge in [0.25, 0.3) is 0 Å². The van der Waals surface area contributed by atoms with E-state index in [0.717, 1.165) is 16.8 Å². The predicted octanol–water partition coefficient (Wildman–Crippen LogP) is 4.82. The van der Waals surface area contributed by atoms with Gasteiger partial charge in [0.05, 0.1) is 18.7 Å². The van der Waals surface area contributed by atoms with Crippen molar-refractivity contribution in [2.45, 2.75) is 46.0 Å². The Morgan fingerprint density at radius 2 is 1.64 bits per heavy atom. The number of aliphatic carboxylic acids is 1. The molecule has 1 N–H and O–H groups in total. The minimum Gasteiger partial charge on any atom is -0.493 e. The van der Waals surface area contributed by atoms with Crippen molar-refractivity contribution in [1.82, 2.24) is 0 Å². The van der Waals surface area contributed by atoms with Crippen LogP contribution in [0.25, 0.3) is 0 Å². The standard InChI is InChI=1S/C23H29NO4/c1-17(19-8-10-20(11-9-19)23(2,3)4)24-28-15-5-14-27-21-12-6-18(7-13-21)16-22(25)26/h6-13H,5,14-16H2,1-4H3,(H,25,26)/b24-17-. The van der Waals surface area contributed by atoms with Crippen LogP contribution in [0.4, 0.5) is 0 Å². The van der Waals surface area contributed by atoms with Crippen LogP contribution < -0.4 is 4.74 Å². The molecule has 0 radical (unpaired) electrons. The summed E-state index contributed by atoms with van der Waals surface area (Å²) in [5, 5.41) is 12.9. The zero-order valence-corrected chi connectivity index (χ0v) is 17.1. The first-order chi connectivity index (χ1) is 13.3. The fourth-order valence-electron chi connectivity index (χ4n) is 2.60. The number of carbonyl (C=O) groups is 1. The summed E-state index contributed by atoms with van der Waals surface area (Å²) in [7, 11) is 0. The number of carboxylic acids is 1. The van der Waals surface area contributed by atoms with Crippen LogP contribution in [0.5, 0.6) is 5.75 Å². The number of carboxylic acid groups (broad SMARTS) is 1. The predicted molar refractivity (Wildman–Crippen MR) is 111 cm³/mol. The molecule has 0 spiro atoms. The van der Waals surface area contributed by atoms with Crippen molar-refractivity contribution in [3.05, 3.63) is 65.2 Å². The first kappa shape index (κ1) is 21.5. The maximum absolute atomic E-state index is 10.7. The quantitative estimate of drug-likeness (QED) is 0.383. The number of benzene rings is 2. The molecular weight excluding hydrogens is 354 g/mol. The molecule has 5 heteroatoms. The number of oxime groups is 1. The maximum atomic E-state index is 10.7. The van der Waals surface area contributed by atoms with E-state index >= 15 is 0 Å². The van der Waals surface area contributed by atoms with Gasteiger partial charge in [0.1, 0.15) is 12.4 Å². The molecule has 0 aliphatic carbocycles. The number of rotatable bonds is 9. The van der Waals surface area contributed by atoms with Crippen molar-refractivity contribution < 1.29 is 19.5 Å². The normalized spacial score (nSPS) is 11.9. The zero-order chi connectivity index (χ0) is 20.6. The molecule has 0 heterocycles. The molecule has 28 heavy (non-hydrogen) atoms. The van der Waals surface area contributed by atoms with Crippen LogP contribution in [-0.4, -0.2) is 30.0 Å². The highest BCUT2D eigenvalue weighted by Gasteiger charge is 2.13. The maximum Gasteiger partial charge on any atom is 0.307 e. The summed E-state index contributed by atoms with van der Waals surface area (Å²) < 4.78 is 5.63. The fraction of sp³-hybridized carbons (Fsp3) is 0.391. The Labute approximate surface area is 167 Å². The van der Waals surface area contributed by atoms with E-state index in [9.17, 15) is 4.79 Å². The summed E-state index contributed by atoms with van der Waals surface area (Å²) in [6, 6.07) is 15.5. The van der Waals surface area contributed by atoms with Crippen LogP contribution in [-0.2, 0) is 21.5 Å². The largest absolute Gasteiger partial charge is 0.493 e. The van der Waals surface area contributed by atoms with Gasteiger partial charge in [0.15, 0.2) is 0 Å². The van der Waals surface area contributed by atoms with Gasteiger partial charge in [0.2, 0.25) is 0 Å². The van der Waals surface area contributed by atoms with Crippen molar-refractivity contribution >= 4 is 11.7 Å². The number of hydrogen-bond acceptors (Lipinski definition) is 4. The van der Waals surface area contributed by atoms with E-state index in [-0.39, 0.29) is 11.8 Å². The van der Waals surface area contributed by atoms with Gasteiger partial charge < -0.3 is 14.7 Å². The topological polar surface area (TPSA) is 68.1 Å². The Morgan fingerprint density at radius 1 is 1.00 bits per heavy atom. The second-order valence-corrected chi connectivity index (χ2v) is 7.75. The molecule has 2 rings (SSSR count). The fourth-order valence-corrected chi connectivity index (χ4v) is 2.60. The summed E-state index contributed by atoms with van der Waals surface area (Å²) >= 11 is 0. The van der Waals surface area contributed by atoms with Gasteiger partial charge in [-0.25, -0.2) is 0 Å². The van der Waals surface area contributed by atoms with Crippen molar-refractivity contribution in [3.8, 4) is 5.75 Å². The molecule has 2 aromatic carbocycles. The van der Waals surface area contributed by atoms with Crippen molar-refractivity contribution in [3.63, 3.8) is 0 Å². The minimum atomic E-state index is -0.841. The first-order valence-electron chi connectivity index (χ1n) is 9.47. The molecule has 0 atom stereocenters. The van der Waals surface area contributed by atoms with E-state index in [1.807, 2.05) is 6.92 Å². The highest BCUT2D eigenvalue weighted by molar-refractivity contribution is 5.98. The average molecular weight is 383 g/mol. The van der Waals surface area contributed by atoms with E-state index in [4.69, 9.17) is 14.7 Å². The van der Waals surface area contributed by atoms with Gasteiger partial charge in [0, 0.05) is 6.42 Å². The molecule has 0 bridgehead atoms. The Bertz CT molecular complexity index is 787. The third kappa shape index (κ3) is 7.06. The summed E-state index contributed by atoms with van der Waals surface area (Å²) in [6.45, 7) is 9.48. The second-order valence-electron chi connectivity index (χ2n) is 7.75. The second kappa shape index (κ2) is 9.93. The molecule has 0 unspecified atom stereocenters. The molecule has 0 aromatic heterocycles. The lowest BCUT2D eigenvalue weighted by Gasteiger charge is -2.19. The van der Waals surface area contributed by atoms with Crippen LogP contribution in [0, 0.1) is 0 Å². The highest BCUT2D eigenvalue weighted by atomic mass is 16.6. The summed E-state index contributed by atoms with van der Waals surface area (Å²) in [5.74, 6) is -0.125. The van der Waals surface area contributed by atoms with Gasteiger partial charge >= 0.3 is 5.97 Å². The molecule has 0 fully saturated rings. The Morgan fingerprint density at radius 3 is 2.21 bits per heavy atom. The summed E-state index contributed by atoms with van der Waals surface area (Å²) in [6.07, 6.45) is 0.723. The molecule has 0 aliphatic rings. The van der Waals surface area contributed by atoms with Gasteiger partial charge in [-0.05, 0) is 41.2 Å². The Kier molecular flexibility index (Phi) is 7.61. The van der Waals surface area contributed by atoms with Crippen LogP contribution >= 0.6 is 0 Å². The molecule has 0 saturated heterocycles. The molecule has 0 saturated carbocycles. The summed E-state index contributed by atoms with van der Waals surface area (Å²) in [4.78, 5) is 16.1. The van der Waals surface area contributed by atoms with Crippen LogP contribution in [0.3, 0.4) is 0 Å². The van der Waals surface area contributed by atoms with E-state index in [2.05, 4.69) is 50.2 Å². The number of hydrogen-bond donors (Lipinski definition) is 1. The van der Waals surface area contributed by atoms with Gasteiger partial charge in [-0.3, -0.25) is 4.79 Å². The van der Waals surface area contributed by atoms with E-state index in [1.54, 1.807) is 24.3 Å². The Hall–Kier alpha value is -2.82.